The molecule has 0 radical (unpaired) electrons. The average Bonchev–Trinajstić information content (AvgIpc) is 2.58. The molecule has 2 aromatic carbocycles. The molecule has 0 atom stereocenters. The molecule has 0 aliphatic carbocycles. The Bertz CT molecular complexity index is 928. The van der Waals surface area contributed by atoms with E-state index in [1.54, 1.807) is 6.07 Å². The van der Waals surface area contributed by atoms with Crippen molar-refractivity contribution in [2.45, 2.75) is 27.7 Å². The standard InChI is InChI=1S/C21H22N4O/c1-13-10-14(2)19(15(3)11-13)25-21-22-16(4)12-18(24-21)20(26)23-17-8-6-5-7-9-17/h5-12H,1-4H3,(H,23,26)(H,22,24,25). The molecule has 1 amide bonds. The van der Waals surface area contributed by atoms with Crippen LogP contribution in [-0.4, -0.2) is 15.9 Å². The summed E-state index contributed by atoms with van der Waals surface area (Å²) >= 11 is 0. The van der Waals surface area contributed by atoms with Gasteiger partial charge in [-0.3, -0.25) is 4.79 Å². The first-order chi connectivity index (χ1) is 12.4. The maximum absolute atomic E-state index is 12.5. The lowest BCUT2D eigenvalue weighted by molar-refractivity contribution is 0.102. The molecule has 0 saturated carbocycles. The summed E-state index contributed by atoms with van der Waals surface area (Å²) in [6, 6.07) is 15.2. The summed E-state index contributed by atoms with van der Waals surface area (Å²) in [5.74, 6) is 0.153. The van der Waals surface area contributed by atoms with Crippen LogP contribution in [-0.2, 0) is 0 Å². The molecule has 0 spiro atoms. The Hall–Kier alpha value is -3.21. The van der Waals surface area contributed by atoms with Gasteiger partial charge in [0.05, 0.1) is 0 Å². The third kappa shape index (κ3) is 4.06. The lowest BCUT2D eigenvalue weighted by atomic mass is 10.1. The molecule has 0 aliphatic rings. The number of rotatable bonds is 4. The van der Waals surface area contributed by atoms with E-state index in [1.807, 2.05) is 51.1 Å². The van der Waals surface area contributed by atoms with Crippen molar-refractivity contribution in [3.8, 4) is 0 Å². The monoisotopic (exact) mass is 346 g/mol. The summed E-state index contributed by atoms with van der Waals surface area (Å²) in [7, 11) is 0. The number of benzene rings is 2. The Labute approximate surface area is 153 Å². The number of nitrogens with one attached hydrogen (secondary N) is 2. The number of hydrogen-bond acceptors (Lipinski definition) is 4. The number of aromatic nitrogens is 2. The maximum atomic E-state index is 12.5. The minimum absolute atomic E-state index is 0.262. The number of aryl methyl sites for hydroxylation is 4. The molecule has 1 aromatic heterocycles. The SMILES string of the molecule is Cc1cc(C)c(Nc2nc(C)cc(C(=O)Nc3ccccc3)n2)c(C)c1. The van der Waals surface area contributed by atoms with Crippen molar-refractivity contribution in [1.29, 1.82) is 0 Å². The second-order valence-electron chi connectivity index (χ2n) is 6.44. The van der Waals surface area contributed by atoms with Crippen molar-refractivity contribution < 1.29 is 4.79 Å². The Balaban J connectivity index is 1.87. The van der Waals surface area contributed by atoms with Gasteiger partial charge in [0.15, 0.2) is 0 Å². The number of anilines is 3. The summed E-state index contributed by atoms with van der Waals surface area (Å²) in [5.41, 5.74) is 6.18. The van der Waals surface area contributed by atoms with Gasteiger partial charge in [-0.2, -0.15) is 0 Å². The average molecular weight is 346 g/mol. The first kappa shape index (κ1) is 17.6. The lowest BCUT2D eigenvalue weighted by Crippen LogP contribution is -2.15. The zero-order valence-corrected chi connectivity index (χ0v) is 15.4. The topological polar surface area (TPSA) is 66.9 Å². The van der Waals surface area contributed by atoms with E-state index in [1.165, 1.54) is 5.56 Å². The highest BCUT2D eigenvalue weighted by Crippen LogP contribution is 2.24. The number of hydrogen-bond donors (Lipinski definition) is 2. The molecule has 5 nitrogen and oxygen atoms in total. The van der Waals surface area contributed by atoms with Crippen molar-refractivity contribution in [1.82, 2.24) is 9.97 Å². The van der Waals surface area contributed by atoms with Gasteiger partial charge in [-0.15, -0.1) is 0 Å². The van der Waals surface area contributed by atoms with E-state index in [9.17, 15) is 4.79 Å². The van der Waals surface area contributed by atoms with Crippen LogP contribution in [0, 0.1) is 27.7 Å². The molecule has 26 heavy (non-hydrogen) atoms. The Kier molecular flexibility index (Phi) is 4.98. The van der Waals surface area contributed by atoms with Crippen LogP contribution in [0.25, 0.3) is 0 Å². The fraction of sp³-hybridized carbons (Fsp3) is 0.190. The molecule has 3 rings (SSSR count). The van der Waals surface area contributed by atoms with Crippen LogP contribution in [0.3, 0.4) is 0 Å². The maximum Gasteiger partial charge on any atom is 0.274 e. The van der Waals surface area contributed by atoms with E-state index in [0.29, 0.717) is 11.6 Å². The van der Waals surface area contributed by atoms with Gasteiger partial charge < -0.3 is 10.6 Å². The highest BCUT2D eigenvalue weighted by atomic mass is 16.1. The summed E-state index contributed by atoms with van der Waals surface area (Å²) in [5, 5.41) is 6.12. The van der Waals surface area contributed by atoms with Crippen molar-refractivity contribution >= 4 is 23.2 Å². The number of carbonyl (C=O) groups is 1. The van der Waals surface area contributed by atoms with E-state index < -0.39 is 0 Å². The third-order valence-corrected chi connectivity index (χ3v) is 4.03. The highest BCUT2D eigenvalue weighted by molar-refractivity contribution is 6.03. The molecule has 0 aliphatic heterocycles. The first-order valence-electron chi connectivity index (χ1n) is 8.49. The number of nitrogens with zero attached hydrogens (tertiary/aromatic N) is 2. The summed E-state index contributed by atoms with van der Waals surface area (Å²) in [4.78, 5) is 21.3. The minimum atomic E-state index is -0.262. The zero-order valence-electron chi connectivity index (χ0n) is 15.4. The molecular formula is C21H22N4O. The van der Waals surface area contributed by atoms with Crippen molar-refractivity contribution in [2.24, 2.45) is 0 Å². The van der Waals surface area contributed by atoms with E-state index in [-0.39, 0.29) is 5.91 Å². The van der Waals surface area contributed by atoms with Crippen LogP contribution < -0.4 is 10.6 Å². The fourth-order valence-electron chi connectivity index (χ4n) is 2.95. The van der Waals surface area contributed by atoms with E-state index in [4.69, 9.17) is 0 Å². The molecule has 0 saturated heterocycles. The van der Waals surface area contributed by atoms with E-state index in [2.05, 4.69) is 39.7 Å². The van der Waals surface area contributed by atoms with Gasteiger partial charge in [0.25, 0.3) is 5.91 Å². The molecular weight excluding hydrogens is 324 g/mol. The number of carbonyl (C=O) groups excluding carboxylic acids is 1. The smallest absolute Gasteiger partial charge is 0.274 e. The second-order valence-corrected chi connectivity index (χ2v) is 6.44. The van der Waals surface area contributed by atoms with Gasteiger partial charge in [-0.25, -0.2) is 9.97 Å². The minimum Gasteiger partial charge on any atom is -0.324 e. The Morgan fingerprint density at radius 3 is 2.19 bits per heavy atom. The summed E-state index contributed by atoms with van der Waals surface area (Å²) in [6.07, 6.45) is 0. The van der Waals surface area contributed by atoms with Crippen LogP contribution in [0.1, 0.15) is 32.9 Å². The zero-order chi connectivity index (χ0) is 18.7. The molecule has 2 N–H and O–H groups in total. The highest BCUT2D eigenvalue weighted by Gasteiger charge is 2.12. The van der Waals surface area contributed by atoms with Crippen LogP contribution in [0.2, 0.25) is 0 Å². The molecule has 0 unspecified atom stereocenters. The van der Waals surface area contributed by atoms with Crippen molar-refractivity contribution in [3.63, 3.8) is 0 Å². The number of para-hydroxylation sites is 1. The van der Waals surface area contributed by atoms with Crippen LogP contribution in [0.15, 0.2) is 48.5 Å². The second kappa shape index (κ2) is 7.35. The van der Waals surface area contributed by atoms with Crippen LogP contribution in [0.4, 0.5) is 17.3 Å². The lowest BCUT2D eigenvalue weighted by Gasteiger charge is -2.14. The first-order valence-corrected chi connectivity index (χ1v) is 8.49. The molecule has 3 aromatic rings. The Morgan fingerprint density at radius 1 is 0.885 bits per heavy atom. The number of amides is 1. The predicted octanol–water partition coefficient (Wildman–Crippen LogP) is 4.71. The van der Waals surface area contributed by atoms with Gasteiger partial charge in [0, 0.05) is 17.1 Å². The fourth-order valence-corrected chi connectivity index (χ4v) is 2.95. The molecule has 5 heteroatoms. The van der Waals surface area contributed by atoms with Crippen LogP contribution >= 0.6 is 0 Å². The van der Waals surface area contributed by atoms with Gasteiger partial charge in [-0.05, 0) is 57.0 Å². The summed E-state index contributed by atoms with van der Waals surface area (Å²) < 4.78 is 0. The van der Waals surface area contributed by atoms with Crippen molar-refractivity contribution in [3.05, 3.63) is 76.6 Å². The molecule has 0 bridgehead atoms. The van der Waals surface area contributed by atoms with Gasteiger partial charge in [-0.1, -0.05) is 35.9 Å². The van der Waals surface area contributed by atoms with E-state index in [0.717, 1.165) is 28.2 Å². The summed E-state index contributed by atoms with van der Waals surface area (Å²) in [6.45, 7) is 8.00. The van der Waals surface area contributed by atoms with Crippen LogP contribution in [0.5, 0.6) is 0 Å². The van der Waals surface area contributed by atoms with Gasteiger partial charge in [0.1, 0.15) is 5.69 Å². The molecule has 0 fully saturated rings. The van der Waals surface area contributed by atoms with Crippen molar-refractivity contribution in [2.75, 3.05) is 10.6 Å². The normalized spacial score (nSPS) is 10.5. The Morgan fingerprint density at radius 2 is 1.54 bits per heavy atom. The predicted molar refractivity (Wildman–Crippen MR) is 105 cm³/mol. The quantitative estimate of drug-likeness (QED) is 0.718. The van der Waals surface area contributed by atoms with Gasteiger partial charge in [0.2, 0.25) is 5.95 Å². The largest absolute Gasteiger partial charge is 0.324 e. The van der Waals surface area contributed by atoms with Gasteiger partial charge >= 0.3 is 0 Å². The third-order valence-electron chi connectivity index (χ3n) is 4.03. The van der Waals surface area contributed by atoms with E-state index >= 15 is 0 Å². The molecule has 132 valence electrons. The molecule has 1 heterocycles.